The Balaban J connectivity index is 3.13. The molecule has 0 aliphatic rings. The number of non-ortho nitro benzene ring substituents is 1. The number of hydrogen-bond acceptors (Lipinski definition) is 7. The minimum atomic E-state index is -3.96. The van der Waals surface area contributed by atoms with Crippen molar-refractivity contribution in [2.24, 2.45) is 10.2 Å². The number of hydrogen-bond donors (Lipinski definition) is 1. The molecule has 0 bridgehead atoms. The van der Waals surface area contributed by atoms with Crippen LogP contribution in [0.15, 0.2) is 34.5 Å². The molecule has 11 nitrogen and oxygen atoms in total. The van der Waals surface area contributed by atoms with Gasteiger partial charge in [0.15, 0.2) is 0 Å². The first-order valence-electron chi connectivity index (χ1n) is 7.28. The number of rotatable bonds is 8. The average Bonchev–Trinajstić information content (AvgIpc) is 2.50. The molecule has 0 amide bonds. The number of nitrogens with one attached hydrogen (secondary N) is 1. The third-order valence-electron chi connectivity index (χ3n) is 2.44. The van der Waals surface area contributed by atoms with E-state index in [2.05, 4.69) is 20.6 Å². The van der Waals surface area contributed by atoms with Gasteiger partial charge in [0, 0.05) is 17.0 Å². The van der Waals surface area contributed by atoms with Crippen LogP contribution in [0.25, 0.3) is 10.4 Å². The Labute approximate surface area is 144 Å². The molecule has 1 rings (SSSR count). The van der Waals surface area contributed by atoms with Crippen molar-refractivity contribution in [2.75, 3.05) is 5.43 Å². The highest BCUT2D eigenvalue weighted by atomic mass is 31.2. The Bertz CT molecular complexity index is 713. The minimum Gasteiger partial charge on any atom is -0.301 e. The highest BCUT2D eigenvalue weighted by Gasteiger charge is 2.34. The summed E-state index contributed by atoms with van der Waals surface area (Å²) in [5.74, 6) is 0. The van der Waals surface area contributed by atoms with Crippen molar-refractivity contribution in [3.63, 3.8) is 0 Å². The number of nitro benzene ring substituents is 1. The second kappa shape index (κ2) is 9.14. The molecular formula is C13H19N6O5P. The monoisotopic (exact) mass is 370 g/mol. The topological polar surface area (TPSA) is 152 Å². The molecule has 0 saturated carbocycles. The first kappa shape index (κ1) is 20.6. The quantitative estimate of drug-likeness (QED) is 0.103. The zero-order valence-electron chi connectivity index (χ0n) is 14.2. The van der Waals surface area contributed by atoms with Crippen molar-refractivity contribution in [1.82, 2.24) is 0 Å². The van der Waals surface area contributed by atoms with E-state index in [1.54, 1.807) is 27.7 Å². The van der Waals surface area contributed by atoms with Gasteiger partial charge in [0.1, 0.15) is 0 Å². The summed E-state index contributed by atoms with van der Waals surface area (Å²) in [5, 5.41) is 17.7. The van der Waals surface area contributed by atoms with Gasteiger partial charge in [-0.25, -0.2) is 0 Å². The SMILES string of the molecule is CC(C)OP(=O)(OC(C)C)/C(N=[N+]=[N-])=N/Nc1ccc([N+](=O)[O-])cc1. The molecule has 1 N–H and O–H groups in total. The summed E-state index contributed by atoms with van der Waals surface area (Å²) in [6, 6.07) is 5.32. The van der Waals surface area contributed by atoms with E-state index in [1.165, 1.54) is 24.3 Å². The van der Waals surface area contributed by atoms with Crippen LogP contribution in [0.4, 0.5) is 11.4 Å². The maximum absolute atomic E-state index is 12.9. The molecule has 1 aromatic rings. The highest BCUT2D eigenvalue weighted by Crippen LogP contribution is 2.52. The fraction of sp³-hybridized carbons (Fsp3) is 0.462. The fourth-order valence-electron chi connectivity index (χ4n) is 1.62. The molecule has 0 fully saturated rings. The number of amidine groups is 1. The van der Waals surface area contributed by atoms with Gasteiger partial charge < -0.3 is 9.05 Å². The van der Waals surface area contributed by atoms with Gasteiger partial charge in [-0.3, -0.25) is 20.1 Å². The maximum Gasteiger partial charge on any atom is 0.384 e. The molecule has 136 valence electrons. The van der Waals surface area contributed by atoms with Crippen LogP contribution in [0.3, 0.4) is 0 Å². The van der Waals surface area contributed by atoms with Crippen LogP contribution in [-0.4, -0.2) is 22.7 Å². The molecule has 0 unspecified atom stereocenters. The zero-order valence-corrected chi connectivity index (χ0v) is 15.1. The molecule has 0 aliphatic heterocycles. The number of anilines is 1. The number of nitro groups is 1. The van der Waals surface area contributed by atoms with E-state index >= 15 is 0 Å². The van der Waals surface area contributed by atoms with Crippen molar-refractivity contribution in [3.05, 3.63) is 44.8 Å². The second-order valence-electron chi connectivity index (χ2n) is 5.32. The van der Waals surface area contributed by atoms with Crippen molar-refractivity contribution in [2.45, 2.75) is 39.9 Å². The summed E-state index contributed by atoms with van der Waals surface area (Å²) in [6.45, 7) is 6.59. The lowest BCUT2D eigenvalue weighted by atomic mass is 10.3. The van der Waals surface area contributed by atoms with Gasteiger partial charge in [-0.05, 0) is 50.5 Å². The summed E-state index contributed by atoms with van der Waals surface area (Å²) >= 11 is 0. The fourth-order valence-corrected chi connectivity index (χ4v) is 3.30. The molecule has 0 aliphatic carbocycles. The summed E-state index contributed by atoms with van der Waals surface area (Å²) < 4.78 is 23.5. The highest BCUT2D eigenvalue weighted by molar-refractivity contribution is 7.72. The van der Waals surface area contributed by atoms with Crippen molar-refractivity contribution < 1.29 is 18.5 Å². The molecule has 0 heterocycles. The summed E-state index contributed by atoms with van der Waals surface area (Å²) in [5.41, 5.74) is 11.0. The number of hydrazone groups is 1. The van der Waals surface area contributed by atoms with Gasteiger partial charge >= 0.3 is 7.60 Å². The van der Waals surface area contributed by atoms with Gasteiger partial charge in [0.05, 0.1) is 22.8 Å². The van der Waals surface area contributed by atoms with Crippen LogP contribution in [0.1, 0.15) is 27.7 Å². The number of azide groups is 1. The molecule has 0 atom stereocenters. The normalized spacial score (nSPS) is 12.2. The van der Waals surface area contributed by atoms with E-state index in [0.29, 0.717) is 5.69 Å². The number of nitrogens with zero attached hydrogens (tertiary/aromatic N) is 5. The standard InChI is InChI=1S/C13H19N6O5P/c1-9(2)23-25(22,24-10(3)4)13(17-18-14)16-15-11-5-7-12(8-6-11)19(20)21/h5-10,15H,1-4H3/b16-13+. The average molecular weight is 370 g/mol. The van der Waals surface area contributed by atoms with Crippen molar-refractivity contribution in [1.29, 1.82) is 0 Å². The largest absolute Gasteiger partial charge is 0.384 e. The predicted octanol–water partition coefficient (Wildman–Crippen LogP) is 4.63. The van der Waals surface area contributed by atoms with Gasteiger partial charge in [-0.1, -0.05) is 0 Å². The lowest BCUT2D eigenvalue weighted by molar-refractivity contribution is -0.384. The van der Waals surface area contributed by atoms with Crippen LogP contribution in [0, 0.1) is 10.1 Å². The molecular weight excluding hydrogens is 351 g/mol. The van der Waals surface area contributed by atoms with E-state index in [1.807, 2.05) is 0 Å². The first-order valence-corrected chi connectivity index (χ1v) is 8.83. The van der Waals surface area contributed by atoms with Crippen LogP contribution < -0.4 is 5.43 Å². The van der Waals surface area contributed by atoms with Gasteiger partial charge in [0.25, 0.3) is 5.69 Å². The number of benzene rings is 1. The van der Waals surface area contributed by atoms with Gasteiger partial charge in [-0.15, -0.1) is 0 Å². The minimum absolute atomic E-state index is 0.0956. The second-order valence-corrected chi connectivity index (χ2v) is 7.14. The lowest BCUT2D eigenvalue weighted by Crippen LogP contribution is -2.14. The third-order valence-corrected chi connectivity index (χ3v) is 4.52. The van der Waals surface area contributed by atoms with Crippen LogP contribution in [0.2, 0.25) is 0 Å². The molecule has 0 spiro atoms. The molecule has 12 heteroatoms. The summed E-state index contributed by atoms with van der Waals surface area (Å²) in [4.78, 5) is 12.7. The van der Waals surface area contributed by atoms with E-state index in [9.17, 15) is 14.7 Å². The molecule has 0 radical (unpaired) electrons. The summed E-state index contributed by atoms with van der Waals surface area (Å²) in [7, 11) is -3.96. The van der Waals surface area contributed by atoms with Crippen LogP contribution in [0.5, 0.6) is 0 Å². The van der Waals surface area contributed by atoms with E-state index in [0.717, 1.165) is 0 Å². The Morgan fingerprint density at radius 1 is 1.24 bits per heavy atom. The summed E-state index contributed by atoms with van der Waals surface area (Å²) in [6.07, 6.45) is -0.939. The Morgan fingerprint density at radius 3 is 2.16 bits per heavy atom. The lowest BCUT2D eigenvalue weighted by Gasteiger charge is -2.21. The van der Waals surface area contributed by atoms with Crippen molar-refractivity contribution >= 4 is 24.5 Å². The van der Waals surface area contributed by atoms with Gasteiger partial charge in [0.2, 0.25) is 5.58 Å². The Morgan fingerprint density at radius 2 is 1.76 bits per heavy atom. The van der Waals surface area contributed by atoms with E-state index in [4.69, 9.17) is 14.6 Å². The Kier molecular flexibility index (Phi) is 7.53. The molecule has 25 heavy (non-hydrogen) atoms. The zero-order chi connectivity index (χ0) is 19.0. The smallest absolute Gasteiger partial charge is 0.301 e. The third kappa shape index (κ3) is 6.52. The predicted molar refractivity (Wildman–Crippen MR) is 93.3 cm³/mol. The molecule has 0 aromatic heterocycles. The maximum atomic E-state index is 12.9. The Hall–Kier alpha value is -2.45. The first-order chi connectivity index (χ1) is 11.7. The van der Waals surface area contributed by atoms with Crippen LogP contribution >= 0.6 is 7.60 Å². The van der Waals surface area contributed by atoms with E-state index < -0.39 is 30.3 Å². The van der Waals surface area contributed by atoms with E-state index in [-0.39, 0.29) is 5.69 Å². The van der Waals surface area contributed by atoms with Crippen LogP contribution in [-0.2, 0) is 13.6 Å². The van der Waals surface area contributed by atoms with Gasteiger partial charge in [-0.2, -0.15) is 5.10 Å². The molecule has 1 aromatic carbocycles. The van der Waals surface area contributed by atoms with Crippen molar-refractivity contribution in [3.8, 4) is 0 Å². The molecule has 0 saturated heterocycles.